The number of halogens is 4. The van der Waals surface area contributed by atoms with E-state index in [1.165, 1.54) is 24.6 Å². The van der Waals surface area contributed by atoms with Crippen LogP contribution in [0.2, 0.25) is 0 Å². The summed E-state index contributed by atoms with van der Waals surface area (Å²) < 4.78 is 55.6. The van der Waals surface area contributed by atoms with Gasteiger partial charge in [0.25, 0.3) is 5.91 Å². The minimum atomic E-state index is -4.93. The van der Waals surface area contributed by atoms with Gasteiger partial charge in [0.15, 0.2) is 5.69 Å². The molecule has 1 aliphatic heterocycles. The highest BCUT2D eigenvalue weighted by molar-refractivity contribution is 6.04. The minimum Gasteiger partial charge on any atom is -0.370 e. The topological polar surface area (TPSA) is 63.1 Å². The number of aromatic nitrogens is 3. The number of para-hydroxylation sites is 1. The van der Waals surface area contributed by atoms with Gasteiger partial charge in [-0.05, 0) is 43.5 Å². The number of nitrogens with one attached hydrogen (secondary N) is 1. The fourth-order valence-corrected chi connectivity index (χ4v) is 3.58. The maximum absolute atomic E-state index is 14.0. The van der Waals surface area contributed by atoms with Crippen molar-refractivity contribution in [3.63, 3.8) is 0 Å². The molecule has 162 valence electrons. The molecule has 0 spiro atoms. The molecule has 6 nitrogen and oxygen atoms in total. The quantitative estimate of drug-likeness (QED) is 0.608. The number of amides is 1. The Morgan fingerprint density at radius 1 is 1.00 bits per heavy atom. The predicted octanol–water partition coefficient (Wildman–Crippen LogP) is 4.67. The third-order valence-electron chi connectivity index (χ3n) is 5.07. The lowest BCUT2D eigenvalue weighted by Gasteiger charge is -2.28. The highest BCUT2D eigenvalue weighted by Crippen LogP contribution is 2.34. The first-order chi connectivity index (χ1) is 14.8. The number of carbonyl (C=O) groups is 1. The van der Waals surface area contributed by atoms with E-state index in [0.717, 1.165) is 49.9 Å². The third-order valence-corrected chi connectivity index (χ3v) is 5.07. The molecule has 0 aliphatic carbocycles. The van der Waals surface area contributed by atoms with Crippen molar-refractivity contribution in [2.75, 3.05) is 23.3 Å². The number of alkyl halides is 3. The van der Waals surface area contributed by atoms with E-state index >= 15 is 0 Å². The second kappa shape index (κ2) is 8.37. The molecule has 0 atom stereocenters. The molecule has 1 fully saturated rings. The van der Waals surface area contributed by atoms with Crippen LogP contribution in [0.5, 0.6) is 0 Å². The molecular weight excluding hydrogens is 414 g/mol. The molecule has 3 heterocycles. The van der Waals surface area contributed by atoms with Crippen molar-refractivity contribution in [1.29, 1.82) is 0 Å². The van der Waals surface area contributed by atoms with Gasteiger partial charge in [-0.15, -0.1) is 0 Å². The average Bonchev–Trinajstić information content (AvgIpc) is 3.21. The molecule has 0 unspecified atom stereocenters. The number of carbonyl (C=O) groups excluding carboxylic acids is 1. The van der Waals surface area contributed by atoms with Crippen molar-refractivity contribution in [2.45, 2.75) is 25.4 Å². The summed E-state index contributed by atoms with van der Waals surface area (Å²) in [4.78, 5) is 18.9. The normalized spacial score (nSPS) is 14.5. The summed E-state index contributed by atoms with van der Waals surface area (Å²) in [5, 5.41) is 5.99. The zero-order chi connectivity index (χ0) is 22.0. The van der Waals surface area contributed by atoms with Crippen LogP contribution in [0.15, 0.2) is 48.8 Å². The van der Waals surface area contributed by atoms with Gasteiger partial charge in [0, 0.05) is 13.1 Å². The van der Waals surface area contributed by atoms with E-state index in [4.69, 9.17) is 0 Å². The Morgan fingerprint density at radius 2 is 1.74 bits per heavy atom. The molecular formula is C21H19F4N5O. The molecule has 0 radical (unpaired) electrons. The molecule has 1 aliphatic rings. The Labute approximate surface area is 175 Å². The van der Waals surface area contributed by atoms with Gasteiger partial charge < -0.3 is 10.2 Å². The van der Waals surface area contributed by atoms with Crippen LogP contribution in [0.1, 0.15) is 35.3 Å². The largest absolute Gasteiger partial charge is 0.434 e. The Morgan fingerprint density at radius 3 is 2.39 bits per heavy atom. The van der Waals surface area contributed by atoms with Crippen molar-refractivity contribution in [1.82, 2.24) is 14.8 Å². The van der Waals surface area contributed by atoms with Gasteiger partial charge in [-0.3, -0.25) is 4.79 Å². The third kappa shape index (κ3) is 4.37. The molecule has 3 aromatic rings. The van der Waals surface area contributed by atoms with Gasteiger partial charge in [-0.25, -0.2) is 14.1 Å². The van der Waals surface area contributed by atoms with E-state index in [2.05, 4.69) is 20.3 Å². The molecule has 1 amide bonds. The Hall–Kier alpha value is -3.43. The number of hydrogen-bond acceptors (Lipinski definition) is 4. The Balaban J connectivity index is 1.59. The van der Waals surface area contributed by atoms with Gasteiger partial charge in [0.1, 0.15) is 17.3 Å². The van der Waals surface area contributed by atoms with Crippen LogP contribution in [0.4, 0.5) is 29.1 Å². The van der Waals surface area contributed by atoms with Crippen LogP contribution in [0.25, 0.3) is 5.69 Å². The standard InChI is InChI=1S/C21H19F4N5O/c22-16-6-2-3-7-17(16)30-19(21(23,24)25)15(13-27-30)20(31)28-18-9-8-14(12-26-18)29-10-4-1-5-11-29/h2-3,6-9,12-13H,1,4-5,10-11H2,(H,26,28,31). The summed E-state index contributed by atoms with van der Waals surface area (Å²) in [6.07, 6.45) is 0.771. The highest BCUT2D eigenvalue weighted by atomic mass is 19.4. The van der Waals surface area contributed by atoms with E-state index < -0.39 is 34.8 Å². The molecule has 0 bridgehead atoms. The van der Waals surface area contributed by atoms with E-state index in [-0.39, 0.29) is 5.82 Å². The summed E-state index contributed by atoms with van der Waals surface area (Å²) >= 11 is 0. The average molecular weight is 433 g/mol. The van der Waals surface area contributed by atoms with Crippen LogP contribution >= 0.6 is 0 Å². The maximum atomic E-state index is 14.0. The summed E-state index contributed by atoms with van der Waals surface area (Å²) in [6.45, 7) is 1.83. The lowest BCUT2D eigenvalue weighted by atomic mass is 10.1. The second-order valence-corrected chi connectivity index (χ2v) is 7.17. The van der Waals surface area contributed by atoms with Crippen LogP contribution in [-0.4, -0.2) is 33.8 Å². The van der Waals surface area contributed by atoms with Gasteiger partial charge in [0.2, 0.25) is 0 Å². The molecule has 4 rings (SSSR count). The smallest absolute Gasteiger partial charge is 0.370 e. The first-order valence-corrected chi connectivity index (χ1v) is 9.77. The Kier molecular flexibility index (Phi) is 5.62. The van der Waals surface area contributed by atoms with Crippen molar-refractivity contribution >= 4 is 17.4 Å². The molecule has 1 N–H and O–H groups in total. The minimum absolute atomic E-state index is 0.109. The van der Waals surface area contributed by atoms with E-state index in [1.54, 1.807) is 12.3 Å². The number of rotatable bonds is 4. The summed E-state index contributed by atoms with van der Waals surface area (Å²) in [6, 6.07) is 8.21. The van der Waals surface area contributed by atoms with Crippen molar-refractivity contribution in [2.24, 2.45) is 0 Å². The first-order valence-electron chi connectivity index (χ1n) is 9.77. The Bertz CT molecular complexity index is 1070. The summed E-state index contributed by atoms with van der Waals surface area (Å²) in [7, 11) is 0. The highest BCUT2D eigenvalue weighted by Gasteiger charge is 2.41. The second-order valence-electron chi connectivity index (χ2n) is 7.17. The molecule has 31 heavy (non-hydrogen) atoms. The monoisotopic (exact) mass is 433 g/mol. The lowest BCUT2D eigenvalue weighted by Crippen LogP contribution is -2.29. The van der Waals surface area contributed by atoms with Gasteiger partial charge in [-0.2, -0.15) is 18.3 Å². The van der Waals surface area contributed by atoms with Crippen LogP contribution < -0.4 is 10.2 Å². The summed E-state index contributed by atoms with van der Waals surface area (Å²) in [5.41, 5.74) is -1.60. The number of anilines is 2. The van der Waals surface area contributed by atoms with E-state index in [0.29, 0.717) is 4.68 Å². The maximum Gasteiger partial charge on any atom is 0.434 e. The lowest BCUT2D eigenvalue weighted by molar-refractivity contribution is -0.143. The van der Waals surface area contributed by atoms with Gasteiger partial charge in [-0.1, -0.05) is 12.1 Å². The van der Waals surface area contributed by atoms with Crippen molar-refractivity contribution < 1.29 is 22.4 Å². The zero-order valence-corrected chi connectivity index (χ0v) is 16.4. The number of hydrogen-bond donors (Lipinski definition) is 1. The van der Waals surface area contributed by atoms with E-state index in [9.17, 15) is 22.4 Å². The zero-order valence-electron chi connectivity index (χ0n) is 16.4. The molecule has 1 saturated heterocycles. The van der Waals surface area contributed by atoms with Crippen molar-refractivity contribution in [3.8, 4) is 5.69 Å². The number of nitrogens with zero attached hydrogens (tertiary/aromatic N) is 4. The van der Waals surface area contributed by atoms with Crippen molar-refractivity contribution in [3.05, 3.63) is 65.9 Å². The first kappa shape index (κ1) is 20.8. The number of piperidine rings is 1. The van der Waals surface area contributed by atoms with Gasteiger partial charge in [0.05, 0.1) is 23.6 Å². The number of pyridine rings is 1. The van der Waals surface area contributed by atoms with E-state index in [1.807, 2.05) is 0 Å². The molecule has 10 heteroatoms. The molecule has 0 saturated carbocycles. The summed E-state index contributed by atoms with van der Waals surface area (Å²) in [5.74, 6) is -1.82. The molecule has 1 aromatic carbocycles. The van der Waals surface area contributed by atoms with Gasteiger partial charge >= 0.3 is 6.18 Å². The predicted molar refractivity (Wildman–Crippen MR) is 107 cm³/mol. The number of benzene rings is 1. The fourth-order valence-electron chi connectivity index (χ4n) is 3.58. The fraction of sp³-hybridized carbons (Fsp3) is 0.286. The van der Waals surface area contributed by atoms with Crippen LogP contribution in [0.3, 0.4) is 0 Å². The SMILES string of the molecule is O=C(Nc1ccc(N2CCCCC2)cn1)c1cnn(-c2ccccc2F)c1C(F)(F)F. The molecule has 2 aromatic heterocycles. The van der Waals surface area contributed by atoms with Crippen LogP contribution in [0, 0.1) is 5.82 Å². The van der Waals surface area contributed by atoms with Crippen LogP contribution in [-0.2, 0) is 6.18 Å².